The summed E-state index contributed by atoms with van der Waals surface area (Å²) in [4.78, 5) is 36.4. The van der Waals surface area contributed by atoms with Crippen molar-refractivity contribution in [3.05, 3.63) is 92.9 Å². The van der Waals surface area contributed by atoms with Crippen LogP contribution in [0.25, 0.3) is 0 Å². The van der Waals surface area contributed by atoms with Crippen LogP contribution in [-0.4, -0.2) is 26.8 Å². The first kappa shape index (κ1) is 23.6. The topological polar surface area (TPSA) is 121 Å². The summed E-state index contributed by atoms with van der Waals surface area (Å²) in [5, 5.41) is 24.5. The summed E-state index contributed by atoms with van der Waals surface area (Å²) in [6.07, 6.45) is 1.76. The van der Waals surface area contributed by atoms with Gasteiger partial charge in [-0.3, -0.25) is 9.59 Å². The number of rotatable bonds is 7. The van der Waals surface area contributed by atoms with Gasteiger partial charge in [-0.25, -0.2) is 4.79 Å². The molecule has 0 aliphatic carbocycles. The normalized spacial score (nSPS) is 11.6. The molecule has 8 nitrogen and oxygen atoms in total. The monoisotopic (exact) mass is 449 g/mol. The number of amides is 2. The molecule has 8 heteroatoms. The van der Waals surface area contributed by atoms with Gasteiger partial charge in [0.25, 0.3) is 5.56 Å². The molecule has 172 valence electrons. The highest BCUT2D eigenvalue weighted by atomic mass is 16.4. The Labute approximate surface area is 191 Å². The predicted molar refractivity (Wildman–Crippen MR) is 126 cm³/mol. The van der Waals surface area contributed by atoms with Crippen LogP contribution in [0.1, 0.15) is 40.3 Å². The van der Waals surface area contributed by atoms with Gasteiger partial charge in [-0.05, 0) is 37.0 Å². The number of aryl methyl sites for hydroxylation is 3. The molecular weight excluding hydrogens is 422 g/mol. The molecular formula is C25H27N3O5. The van der Waals surface area contributed by atoms with Crippen LogP contribution >= 0.6 is 0 Å². The van der Waals surface area contributed by atoms with Crippen molar-refractivity contribution in [2.75, 3.05) is 5.32 Å². The second kappa shape index (κ2) is 10.0. The van der Waals surface area contributed by atoms with Gasteiger partial charge in [0.05, 0.1) is 12.5 Å². The molecule has 3 rings (SSSR count). The van der Waals surface area contributed by atoms with E-state index in [2.05, 4.69) is 10.6 Å². The van der Waals surface area contributed by atoms with Gasteiger partial charge in [-0.15, -0.1) is 0 Å². The molecule has 4 N–H and O–H groups in total. The second-order valence-electron chi connectivity index (χ2n) is 8.11. The first-order valence-electron chi connectivity index (χ1n) is 10.5. The lowest BCUT2D eigenvalue weighted by molar-refractivity contribution is -0.137. The second-order valence-corrected chi connectivity index (χ2v) is 8.11. The van der Waals surface area contributed by atoms with E-state index in [9.17, 15) is 24.6 Å². The summed E-state index contributed by atoms with van der Waals surface area (Å²) in [7, 11) is 1.50. The molecule has 0 aliphatic heterocycles. The van der Waals surface area contributed by atoms with Crippen LogP contribution in [0.4, 0.5) is 10.5 Å². The number of pyridine rings is 1. The Balaban J connectivity index is 1.82. The van der Waals surface area contributed by atoms with Crippen molar-refractivity contribution in [2.45, 2.75) is 32.7 Å². The summed E-state index contributed by atoms with van der Waals surface area (Å²) >= 11 is 0. The molecule has 0 fully saturated rings. The van der Waals surface area contributed by atoms with E-state index in [1.807, 2.05) is 49.4 Å². The van der Waals surface area contributed by atoms with Gasteiger partial charge in [0, 0.05) is 18.8 Å². The average Bonchev–Trinajstić information content (AvgIpc) is 2.76. The largest absolute Gasteiger partial charge is 0.505 e. The highest BCUT2D eigenvalue weighted by Gasteiger charge is 2.21. The molecule has 1 heterocycles. The van der Waals surface area contributed by atoms with Gasteiger partial charge in [-0.1, -0.05) is 54.1 Å². The van der Waals surface area contributed by atoms with Crippen molar-refractivity contribution in [3.63, 3.8) is 0 Å². The molecule has 33 heavy (non-hydrogen) atoms. The van der Waals surface area contributed by atoms with Crippen LogP contribution < -0.4 is 16.2 Å². The third kappa shape index (κ3) is 6.00. The molecule has 3 aromatic rings. The maximum Gasteiger partial charge on any atom is 0.319 e. The van der Waals surface area contributed by atoms with E-state index in [1.165, 1.54) is 23.4 Å². The summed E-state index contributed by atoms with van der Waals surface area (Å²) < 4.78 is 1.24. The number of carbonyl (C=O) groups is 2. The van der Waals surface area contributed by atoms with Gasteiger partial charge in [-0.2, -0.15) is 0 Å². The summed E-state index contributed by atoms with van der Waals surface area (Å²) in [6, 6.07) is 13.9. The zero-order chi connectivity index (χ0) is 24.1. The Kier molecular flexibility index (Phi) is 7.17. The van der Waals surface area contributed by atoms with Gasteiger partial charge >= 0.3 is 12.0 Å². The number of carboxylic acids is 1. The van der Waals surface area contributed by atoms with Crippen molar-refractivity contribution < 1.29 is 19.8 Å². The number of urea groups is 1. The fraction of sp³-hybridized carbons (Fsp3) is 0.240. The third-order valence-electron chi connectivity index (χ3n) is 5.34. The van der Waals surface area contributed by atoms with E-state index < -0.39 is 23.6 Å². The maximum absolute atomic E-state index is 12.6. The standard InChI is InChI=1S/C25H27N3O5/c1-15-7-9-17(10-8-15)11-18-5-4-6-19(12-18)20(13-21(29)30)26-25(33)27-22-23(31)16(2)14-28(3)24(22)32/h4-10,12,14,20,31H,11,13H2,1-3H3,(H,29,30)(H2,26,27,33)/t20-/m0/s1. The number of aliphatic carboxylic acids is 1. The number of nitrogens with zero attached hydrogens (tertiary/aromatic N) is 1. The number of aromatic nitrogens is 1. The molecule has 0 aliphatic rings. The Morgan fingerprint density at radius 2 is 1.76 bits per heavy atom. The SMILES string of the molecule is Cc1ccc(Cc2cccc([C@H](CC(=O)O)NC(=O)Nc3c(O)c(C)cn(C)c3=O)c2)cc1. The van der Waals surface area contributed by atoms with Crippen molar-refractivity contribution in [3.8, 4) is 5.75 Å². The number of aromatic hydroxyl groups is 1. The lowest BCUT2D eigenvalue weighted by Gasteiger charge is -2.19. The molecule has 0 unspecified atom stereocenters. The van der Waals surface area contributed by atoms with Crippen molar-refractivity contribution in [1.82, 2.24) is 9.88 Å². The Morgan fingerprint density at radius 3 is 2.42 bits per heavy atom. The third-order valence-corrected chi connectivity index (χ3v) is 5.34. The number of hydrogen-bond acceptors (Lipinski definition) is 4. The molecule has 0 bridgehead atoms. The summed E-state index contributed by atoms with van der Waals surface area (Å²) in [5.41, 5.74) is 3.44. The molecule has 1 aromatic heterocycles. The average molecular weight is 450 g/mol. The number of benzene rings is 2. The molecule has 0 spiro atoms. The van der Waals surface area contributed by atoms with E-state index in [1.54, 1.807) is 13.0 Å². The molecule has 0 saturated carbocycles. The number of carboxylic acid groups (broad SMARTS) is 1. The highest BCUT2D eigenvalue weighted by molar-refractivity contribution is 5.91. The van der Waals surface area contributed by atoms with E-state index in [-0.39, 0.29) is 17.9 Å². The van der Waals surface area contributed by atoms with Gasteiger partial charge < -0.3 is 25.4 Å². The van der Waals surface area contributed by atoms with E-state index in [0.29, 0.717) is 17.5 Å². The fourth-order valence-corrected chi connectivity index (χ4v) is 3.59. The van der Waals surface area contributed by atoms with Crippen LogP contribution in [0.15, 0.2) is 59.5 Å². The number of carbonyl (C=O) groups excluding carboxylic acids is 1. The van der Waals surface area contributed by atoms with Gasteiger partial charge in [0.2, 0.25) is 0 Å². The first-order valence-corrected chi connectivity index (χ1v) is 10.5. The molecule has 2 amide bonds. The zero-order valence-electron chi connectivity index (χ0n) is 18.8. The summed E-state index contributed by atoms with van der Waals surface area (Å²) in [5.74, 6) is -1.42. The smallest absolute Gasteiger partial charge is 0.319 e. The fourth-order valence-electron chi connectivity index (χ4n) is 3.59. The minimum Gasteiger partial charge on any atom is -0.505 e. The minimum absolute atomic E-state index is 0.266. The van der Waals surface area contributed by atoms with E-state index >= 15 is 0 Å². The van der Waals surface area contributed by atoms with Gasteiger partial charge in [0.1, 0.15) is 5.75 Å². The minimum atomic E-state index is -1.08. The number of hydrogen-bond donors (Lipinski definition) is 4. The van der Waals surface area contributed by atoms with Crippen molar-refractivity contribution in [2.24, 2.45) is 7.05 Å². The molecule has 1 atom stereocenters. The number of anilines is 1. The van der Waals surface area contributed by atoms with Crippen molar-refractivity contribution >= 4 is 17.7 Å². The Bertz CT molecular complexity index is 1230. The van der Waals surface area contributed by atoms with Crippen LogP contribution in [0.5, 0.6) is 5.75 Å². The van der Waals surface area contributed by atoms with E-state index in [0.717, 1.165) is 11.1 Å². The lowest BCUT2D eigenvalue weighted by atomic mass is 9.97. The highest BCUT2D eigenvalue weighted by Crippen LogP contribution is 2.24. The Morgan fingerprint density at radius 1 is 1.06 bits per heavy atom. The van der Waals surface area contributed by atoms with Crippen LogP contribution in [0.3, 0.4) is 0 Å². The van der Waals surface area contributed by atoms with E-state index in [4.69, 9.17) is 0 Å². The van der Waals surface area contributed by atoms with Crippen molar-refractivity contribution in [1.29, 1.82) is 0 Å². The Hall–Kier alpha value is -4.07. The molecule has 0 saturated heterocycles. The molecule has 2 aromatic carbocycles. The lowest BCUT2D eigenvalue weighted by Crippen LogP contribution is -2.36. The first-order chi connectivity index (χ1) is 15.6. The van der Waals surface area contributed by atoms with Crippen LogP contribution in [-0.2, 0) is 18.3 Å². The van der Waals surface area contributed by atoms with Crippen LogP contribution in [0, 0.1) is 13.8 Å². The van der Waals surface area contributed by atoms with Gasteiger partial charge in [0.15, 0.2) is 5.69 Å². The zero-order valence-corrected chi connectivity index (χ0v) is 18.8. The molecule has 0 radical (unpaired) electrons. The number of nitrogens with one attached hydrogen (secondary N) is 2. The maximum atomic E-state index is 12.6. The summed E-state index contributed by atoms with van der Waals surface area (Å²) in [6.45, 7) is 3.62. The quantitative estimate of drug-likeness (QED) is 0.439. The van der Waals surface area contributed by atoms with Crippen LogP contribution in [0.2, 0.25) is 0 Å². The predicted octanol–water partition coefficient (Wildman–Crippen LogP) is 3.64.